The minimum atomic E-state index is -0.307. The van der Waals surface area contributed by atoms with Gasteiger partial charge in [-0.3, -0.25) is 9.59 Å². The maximum atomic E-state index is 13.0. The van der Waals surface area contributed by atoms with Crippen LogP contribution in [0.3, 0.4) is 0 Å². The van der Waals surface area contributed by atoms with Crippen molar-refractivity contribution in [3.05, 3.63) is 35.6 Å². The maximum Gasteiger partial charge on any atom is 0.242 e. The second-order valence-electron chi connectivity index (χ2n) is 6.15. The number of nitrogens with zero attached hydrogens (tertiary/aromatic N) is 2. The Morgan fingerprint density at radius 1 is 1.26 bits per heavy atom. The second kappa shape index (κ2) is 8.09. The van der Waals surface area contributed by atoms with E-state index in [2.05, 4.69) is 6.92 Å². The average molecular weight is 320 g/mol. The van der Waals surface area contributed by atoms with Crippen molar-refractivity contribution in [2.24, 2.45) is 0 Å². The van der Waals surface area contributed by atoms with E-state index in [0.29, 0.717) is 6.54 Å². The fraction of sp³-hybridized carbons (Fsp3) is 0.556. The van der Waals surface area contributed by atoms with Crippen LogP contribution in [-0.2, 0) is 16.1 Å². The van der Waals surface area contributed by atoms with E-state index in [0.717, 1.165) is 37.8 Å². The number of carbonyl (C=O) groups excluding carboxylic acids is 2. The predicted molar refractivity (Wildman–Crippen MR) is 87.1 cm³/mol. The summed E-state index contributed by atoms with van der Waals surface area (Å²) in [6, 6.07) is 6.31. The molecule has 23 heavy (non-hydrogen) atoms. The molecule has 4 nitrogen and oxygen atoms in total. The number of hydrogen-bond donors (Lipinski definition) is 0. The SMILES string of the molecule is CCC1CCCCN1C(=O)CN(Cc1ccc(F)cc1)C(C)=O. The maximum absolute atomic E-state index is 13.0. The number of rotatable bonds is 5. The molecule has 0 aliphatic carbocycles. The predicted octanol–water partition coefficient (Wildman–Crippen LogP) is 2.97. The molecule has 126 valence electrons. The molecule has 0 N–H and O–H groups in total. The van der Waals surface area contributed by atoms with Crippen molar-refractivity contribution in [3.63, 3.8) is 0 Å². The minimum Gasteiger partial charge on any atom is -0.338 e. The van der Waals surface area contributed by atoms with Gasteiger partial charge < -0.3 is 9.80 Å². The molecular weight excluding hydrogens is 295 g/mol. The number of hydrogen-bond acceptors (Lipinski definition) is 2. The Balaban J connectivity index is 2.02. The molecule has 2 amide bonds. The van der Waals surface area contributed by atoms with E-state index in [1.165, 1.54) is 24.0 Å². The third-order valence-electron chi connectivity index (χ3n) is 4.48. The van der Waals surface area contributed by atoms with Crippen LogP contribution >= 0.6 is 0 Å². The van der Waals surface area contributed by atoms with Crippen molar-refractivity contribution in [3.8, 4) is 0 Å². The van der Waals surface area contributed by atoms with Gasteiger partial charge in [0.2, 0.25) is 11.8 Å². The average Bonchev–Trinajstić information content (AvgIpc) is 2.55. The Labute approximate surface area is 137 Å². The molecule has 1 fully saturated rings. The topological polar surface area (TPSA) is 40.6 Å². The van der Waals surface area contributed by atoms with Gasteiger partial charge in [-0.2, -0.15) is 0 Å². The third kappa shape index (κ3) is 4.78. The highest BCUT2D eigenvalue weighted by Crippen LogP contribution is 2.20. The molecule has 1 aromatic rings. The molecule has 1 aromatic carbocycles. The lowest BCUT2D eigenvalue weighted by Crippen LogP contribution is -2.48. The number of likely N-dealkylation sites (tertiary alicyclic amines) is 1. The molecule has 1 aliphatic rings. The van der Waals surface area contributed by atoms with Gasteiger partial charge in [0.05, 0.1) is 0 Å². The van der Waals surface area contributed by atoms with E-state index < -0.39 is 0 Å². The fourth-order valence-electron chi connectivity index (χ4n) is 3.10. The van der Waals surface area contributed by atoms with Crippen molar-refractivity contribution in [2.45, 2.75) is 52.1 Å². The highest BCUT2D eigenvalue weighted by Gasteiger charge is 2.27. The van der Waals surface area contributed by atoms with E-state index in [1.807, 2.05) is 4.90 Å². The summed E-state index contributed by atoms with van der Waals surface area (Å²) in [5.74, 6) is -0.445. The van der Waals surface area contributed by atoms with Crippen LogP contribution in [0, 0.1) is 5.82 Å². The van der Waals surface area contributed by atoms with Crippen molar-refractivity contribution < 1.29 is 14.0 Å². The summed E-state index contributed by atoms with van der Waals surface area (Å²) in [6.45, 7) is 4.75. The van der Waals surface area contributed by atoms with Crippen LogP contribution in [-0.4, -0.2) is 40.7 Å². The second-order valence-corrected chi connectivity index (χ2v) is 6.15. The van der Waals surface area contributed by atoms with Crippen LogP contribution < -0.4 is 0 Å². The molecular formula is C18H25FN2O2. The molecule has 0 saturated carbocycles. The summed E-state index contributed by atoms with van der Waals surface area (Å²) in [5.41, 5.74) is 0.820. The molecule has 1 atom stereocenters. The summed E-state index contributed by atoms with van der Waals surface area (Å²) in [5, 5.41) is 0. The highest BCUT2D eigenvalue weighted by atomic mass is 19.1. The van der Waals surface area contributed by atoms with E-state index in [9.17, 15) is 14.0 Å². The third-order valence-corrected chi connectivity index (χ3v) is 4.48. The van der Waals surface area contributed by atoms with Gasteiger partial charge >= 0.3 is 0 Å². The summed E-state index contributed by atoms with van der Waals surface area (Å²) in [6.07, 6.45) is 4.18. The number of amides is 2. The molecule has 0 spiro atoms. The molecule has 1 saturated heterocycles. The first-order valence-electron chi connectivity index (χ1n) is 8.30. The number of carbonyl (C=O) groups is 2. The van der Waals surface area contributed by atoms with Gasteiger partial charge in [-0.05, 0) is 43.4 Å². The Kier molecular flexibility index (Phi) is 6.13. The van der Waals surface area contributed by atoms with Crippen LogP contribution in [0.25, 0.3) is 0 Å². The molecule has 2 rings (SSSR count). The molecule has 1 aliphatic heterocycles. The molecule has 1 heterocycles. The van der Waals surface area contributed by atoms with Gasteiger partial charge in [0.15, 0.2) is 0 Å². The Hall–Kier alpha value is -1.91. The van der Waals surface area contributed by atoms with E-state index in [4.69, 9.17) is 0 Å². The zero-order chi connectivity index (χ0) is 16.8. The summed E-state index contributed by atoms with van der Waals surface area (Å²) in [4.78, 5) is 27.9. The fourth-order valence-corrected chi connectivity index (χ4v) is 3.10. The van der Waals surface area contributed by atoms with Gasteiger partial charge in [-0.1, -0.05) is 19.1 Å². The summed E-state index contributed by atoms with van der Waals surface area (Å²) in [7, 11) is 0. The molecule has 0 radical (unpaired) electrons. The highest BCUT2D eigenvalue weighted by molar-refractivity contribution is 5.84. The van der Waals surface area contributed by atoms with Gasteiger partial charge in [-0.15, -0.1) is 0 Å². The minimum absolute atomic E-state index is 0.00821. The largest absolute Gasteiger partial charge is 0.338 e. The van der Waals surface area contributed by atoms with E-state index >= 15 is 0 Å². The van der Waals surface area contributed by atoms with Gasteiger partial charge in [-0.25, -0.2) is 4.39 Å². The monoisotopic (exact) mass is 320 g/mol. The van der Waals surface area contributed by atoms with Crippen LogP contribution in [0.15, 0.2) is 24.3 Å². The van der Waals surface area contributed by atoms with Crippen LogP contribution in [0.4, 0.5) is 4.39 Å². The smallest absolute Gasteiger partial charge is 0.242 e. The zero-order valence-electron chi connectivity index (χ0n) is 13.9. The lowest BCUT2D eigenvalue weighted by atomic mass is 10.00. The lowest BCUT2D eigenvalue weighted by Gasteiger charge is -2.36. The number of benzene rings is 1. The molecule has 1 unspecified atom stereocenters. The van der Waals surface area contributed by atoms with Crippen LogP contribution in [0.1, 0.15) is 45.1 Å². The number of halogens is 1. The Morgan fingerprint density at radius 2 is 1.96 bits per heavy atom. The molecule has 0 bridgehead atoms. The van der Waals surface area contributed by atoms with Crippen LogP contribution in [0.2, 0.25) is 0 Å². The first-order valence-corrected chi connectivity index (χ1v) is 8.30. The van der Waals surface area contributed by atoms with Crippen molar-refractivity contribution in [1.29, 1.82) is 0 Å². The van der Waals surface area contributed by atoms with Crippen molar-refractivity contribution in [2.75, 3.05) is 13.1 Å². The molecule has 0 aromatic heterocycles. The van der Waals surface area contributed by atoms with Gasteiger partial charge in [0.25, 0.3) is 0 Å². The normalized spacial score (nSPS) is 17.9. The van der Waals surface area contributed by atoms with Crippen molar-refractivity contribution >= 4 is 11.8 Å². The van der Waals surface area contributed by atoms with E-state index in [-0.39, 0.29) is 30.2 Å². The molecule has 5 heteroatoms. The standard InChI is InChI=1S/C18H25FN2O2/c1-3-17-6-4-5-11-21(17)18(23)13-20(14(2)22)12-15-7-9-16(19)10-8-15/h7-10,17H,3-6,11-13H2,1-2H3. The quantitative estimate of drug-likeness (QED) is 0.837. The van der Waals surface area contributed by atoms with Crippen molar-refractivity contribution in [1.82, 2.24) is 9.80 Å². The first kappa shape index (κ1) is 17.4. The van der Waals surface area contributed by atoms with Gasteiger partial charge in [0.1, 0.15) is 12.4 Å². The van der Waals surface area contributed by atoms with Crippen LogP contribution in [0.5, 0.6) is 0 Å². The summed E-state index contributed by atoms with van der Waals surface area (Å²) >= 11 is 0. The zero-order valence-corrected chi connectivity index (χ0v) is 13.9. The van der Waals surface area contributed by atoms with E-state index in [1.54, 1.807) is 12.1 Å². The Morgan fingerprint density at radius 3 is 2.57 bits per heavy atom. The first-order chi connectivity index (χ1) is 11.0. The summed E-state index contributed by atoms with van der Waals surface area (Å²) < 4.78 is 13.0. The lowest BCUT2D eigenvalue weighted by molar-refractivity contribution is -0.142. The number of piperidine rings is 1. The van der Waals surface area contributed by atoms with Gasteiger partial charge in [0, 0.05) is 26.1 Å². The Bertz CT molecular complexity index is 544.